The van der Waals surface area contributed by atoms with Crippen LogP contribution in [0.2, 0.25) is 0 Å². The lowest BCUT2D eigenvalue weighted by Gasteiger charge is -1.93. The van der Waals surface area contributed by atoms with E-state index >= 15 is 0 Å². The lowest BCUT2D eigenvalue weighted by molar-refractivity contribution is -0.126. The maximum atomic E-state index is 10.5. The highest BCUT2D eigenvalue weighted by Gasteiger charge is 2.04. The summed E-state index contributed by atoms with van der Waals surface area (Å²) in [7, 11) is 0. The Morgan fingerprint density at radius 1 is 1.83 bits per heavy atom. The van der Waals surface area contributed by atoms with Crippen molar-refractivity contribution in [1.29, 1.82) is 0 Å². The second kappa shape index (κ2) is 4.07. The van der Waals surface area contributed by atoms with Crippen molar-refractivity contribution in [3.63, 3.8) is 0 Å². The predicted molar refractivity (Wildman–Crippen MR) is 41.8 cm³/mol. The van der Waals surface area contributed by atoms with Crippen LogP contribution in [0.3, 0.4) is 0 Å². The summed E-state index contributed by atoms with van der Waals surface area (Å²) in [5.41, 5.74) is 1.52. The first-order valence-electron chi connectivity index (χ1n) is 3.17. The Balaban J connectivity index is 2.38. The molecule has 0 atom stereocenters. The zero-order chi connectivity index (χ0) is 8.97. The molecule has 12 heavy (non-hydrogen) atoms. The van der Waals surface area contributed by atoms with Crippen molar-refractivity contribution in [3.8, 4) is 0 Å². The van der Waals surface area contributed by atoms with Gasteiger partial charge in [0.2, 0.25) is 5.16 Å². The number of aromatic nitrogens is 3. The first-order chi connectivity index (χ1) is 5.72. The molecule has 0 unspecified atom stereocenters. The Morgan fingerprint density at radius 2 is 2.58 bits per heavy atom. The van der Waals surface area contributed by atoms with E-state index < -0.39 is 5.91 Å². The lowest BCUT2D eigenvalue weighted by Crippen LogP contribution is -2.20. The number of thioether (sulfide) groups is 1. The molecule has 0 aliphatic carbocycles. The molecule has 0 aliphatic rings. The van der Waals surface area contributed by atoms with Crippen LogP contribution in [-0.2, 0) is 4.79 Å². The van der Waals surface area contributed by atoms with Gasteiger partial charge in [-0.1, -0.05) is 11.8 Å². The second-order valence-corrected chi connectivity index (χ2v) is 2.97. The summed E-state index contributed by atoms with van der Waals surface area (Å²) in [5, 5.41) is 15.1. The highest BCUT2D eigenvalue weighted by atomic mass is 32.2. The molecule has 66 valence electrons. The number of nitrogens with zero attached hydrogens (tertiary/aromatic N) is 2. The van der Waals surface area contributed by atoms with E-state index in [0.717, 1.165) is 11.8 Å². The van der Waals surface area contributed by atoms with Crippen molar-refractivity contribution in [1.82, 2.24) is 20.7 Å². The van der Waals surface area contributed by atoms with Crippen molar-refractivity contribution < 1.29 is 10.0 Å². The number of hydrogen-bond acceptors (Lipinski definition) is 5. The van der Waals surface area contributed by atoms with E-state index in [1.54, 1.807) is 6.92 Å². The number of amides is 1. The highest BCUT2D eigenvalue weighted by molar-refractivity contribution is 7.99. The Kier molecular flexibility index (Phi) is 3.06. The van der Waals surface area contributed by atoms with Crippen LogP contribution in [0.25, 0.3) is 0 Å². The minimum atomic E-state index is -0.470. The monoisotopic (exact) mass is 188 g/mol. The molecule has 1 aromatic heterocycles. The zero-order valence-electron chi connectivity index (χ0n) is 6.37. The number of rotatable bonds is 3. The van der Waals surface area contributed by atoms with Crippen molar-refractivity contribution in [3.05, 3.63) is 5.82 Å². The maximum absolute atomic E-state index is 10.5. The first kappa shape index (κ1) is 9.01. The molecule has 0 saturated carbocycles. The molecule has 1 heterocycles. The van der Waals surface area contributed by atoms with Crippen LogP contribution in [-0.4, -0.2) is 32.0 Å². The molecule has 0 bridgehead atoms. The van der Waals surface area contributed by atoms with Gasteiger partial charge in [-0.2, -0.15) is 0 Å². The van der Waals surface area contributed by atoms with Gasteiger partial charge in [0, 0.05) is 0 Å². The van der Waals surface area contributed by atoms with Crippen molar-refractivity contribution >= 4 is 17.7 Å². The van der Waals surface area contributed by atoms with Crippen LogP contribution in [0.4, 0.5) is 0 Å². The Hall–Kier alpha value is -1.08. The third kappa shape index (κ3) is 2.51. The average molecular weight is 188 g/mol. The SMILES string of the molecule is Cc1nc(SCC(=O)NO)n[nH]1. The number of nitrogens with one attached hydrogen (secondary N) is 2. The number of carbonyl (C=O) groups is 1. The summed E-state index contributed by atoms with van der Waals surface area (Å²) >= 11 is 1.15. The van der Waals surface area contributed by atoms with Crippen molar-refractivity contribution in [2.45, 2.75) is 12.1 Å². The summed E-state index contributed by atoms with van der Waals surface area (Å²) < 4.78 is 0. The Labute approximate surface area is 72.7 Å². The molecule has 0 aliphatic heterocycles. The molecule has 0 saturated heterocycles. The zero-order valence-corrected chi connectivity index (χ0v) is 7.18. The van der Waals surface area contributed by atoms with Crippen molar-refractivity contribution in [2.75, 3.05) is 5.75 Å². The van der Waals surface area contributed by atoms with E-state index in [2.05, 4.69) is 15.2 Å². The summed E-state index contributed by atoms with van der Waals surface area (Å²) in [6, 6.07) is 0. The molecule has 0 aromatic carbocycles. The summed E-state index contributed by atoms with van der Waals surface area (Å²) in [4.78, 5) is 14.5. The summed E-state index contributed by atoms with van der Waals surface area (Å²) in [5.74, 6) is 0.331. The molecule has 1 amide bonds. The number of hydrogen-bond donors (Lipinski definition) is 3. The second-order valence-electron chi connectivity index (χ2n) is 2.03. The first-order valence-corrected chi connectivity index (χ1v) is 4.15. The number of carbonyl (C=O) groups excluding carboxylic acids is 1. The number of H-pyrrole nitrogens is 1. The van der Waals surface area contributed by atoms with Crippen LogP contribution < -0.4 is 5.48 Å². The average Bonchev–Trinajstić information content (AvgIpc) is 2.47. The molecule has 3 N–H and O–H groups in total. The number of aryl methyl sites for hydroxylation is 1. The van der Waals surface area contributed by atoms with Gasteiger partial charge >= 0.3 is 0 Å². The van der Waals surface area contributed by atoms with Crippen LogP contribution >= 0.6 is 11.8 Å². The third-order valence-corrected chi connectivity index (χ3v) is 1.88. The number of hydroxylamine groups is 1. The molecule has 0 spiro atoms. The van der Waals surface area contributed by atoms with E-state index in [-0.39, 0.29) is 5.75 Å². The third-order valence-electron chi connectivity index (χ3n) is 1.03. The quantitative estimate of drug-likeness (QED) is 0.344. The normalized spacial score (nSPS) is 9.83. The predicted octanol–water partition coefficient (Wildman–Crippen LogP) is -0.289. The smallest absolute Gasteiger partial charge is 0.253 e. The standard InChI is InChI=1S/C5H8N4O2S/c1-3-6-5(8-7-3)12-2-4(10)9-11/h11H,2H2,1H3,(H,9,10)(H,6,7,8). The van der Waals surface area contributed by atoms with Gasteiger partial charge in [-0.15, -0.1) is 5.10 Å². The molecule has 6 nitrogen and oxygen atoms in total. The molecule has 0 fully saturated rings. The summed E-state index contributed by atoms with van der Waals surface area (Å²) in [6.07, 6.45) is 0. The van der Waals surface area contributed by atoms with Gasteiger partial charge in [-0.05, 0) is 6.92 Å². The Morgan fingerprint density at radius 3 is 3.08 bits per heavy atom. The molecule has 0 radical (unpaired) electrons. The van der Waals surface area contributed by atoms with E-state index in [1.807, 2.05) is 0 Å². The van der Waals surface area contributed by atoms with Crippen molar-refractivity contribution in [2.24, 2.45) is 0 Å². The van der Waals surface area contributed by atoms with Gasteiger partial charge in [0.1, 0.15) is 5.82 Å². The molecule has 7 heteroatoms. The summed E-state index contributed by atoms with van der Waals surface area (Å²) in [6.45, 7) is 1.77. The van der Waals surface area contributed by atoms with Gasteiger partial charge in [0.25, 0.3) is 5.91 Å². The minimum absolute atomic E-state index is 0.105. The molecular weight excluding hydrogens is 180 g/mol. The fourth-order valence-electron chi connectivity index (χ4n) is 0.549. The van der Waals surface area contributed by atoms with Gasteiger partial charge in [-0.3, -0.25) is 15.1 Å². The molecule has 1 rings (SSSR count). The number of aromatic amines is 1. The van der Waals surface area contributed by atoms with E-state index in [0.29, 0.717) is 11.0 Å². The molecular formula is C5H8N4O2S. The van der Waals surface area contributed by atoms with Gasteiger partial charge in [0.05, 0.1) is 5.75 Å². The van der Waals surface area contributed by atoms with Crippen LogP contribution in [0, 0.1) is 6.92 Å². The van der Waals surface area contributed by atoms with Gasteiger partial charge < -0.3 is 0 Å². The topological polar surface area (TPSA) is 90.9 Å². The van der Waals surface area contributed by atoms with Crippen LogP contribution in [0.1, 0.15) is 5.82 Å². The Bertz CT molecular complexity index is 274. The lowest BCUT2D eigenvalue weighted by atomic mass is 10.8. The largest absolute Gasteiger partial charge is 0.289 e. The van der Waals surface area contributed by atoms with Crippen LogP contribution in [0.5, 0.6) is 0 Å². The van der Waals surface area contributed by atoms with Gasteiger partial charge in [0.15, 0.2) is 0 Å². The maximum Gasteiger partial charge on any atom is 0.253 e. The van der Waals surface area contributed by atoms with E-state index in [1.165, 1.54) is 5.48 Å². The van der Waals surface area contributed by atoms with E-state index in [4.69, 9.17) is 5.21 Å². The highest BCUT2D eigenvalue weighted by Crippen LogP contribution is 2.10. The van der Waals surface area contributed by atoms with Crippen LogP contribution in [0.15, 0.2) is 5.16 Å². The van der Waals surface area contributed by atoms with Gasteiger partial charge in [-0.25, -0.2) is 10.5 Å². The molecule has 1 aromatic rings. The minimum Gasteiger partial charge on any atom is -0.289 e. The van der Waals surface area contributed by atoms with E-state index in [9.17, 15) is 4.79 Å². The fraction of sp³-hybridized carbons (Fsp3) is 0.400. The fourth-order valence-corrected chi connectivity index (χ4v) is 1.19.